The number of carbonyl (C=O) groups is 1. The molecule has 35 heavy (non-hydrogen) atoms. The molecule has 0 bridgehead atoms. The van der Waals surface area contributed by atoms with E-state index in [0.29, 0.717) is 23.0 Å². The van der Waals surface area contributed by atoms with Crippen molar-refractivity contribution in [2.45, 2.75) is 52.4 Å². The minimum Gasteiger partial charge on any atom is -0.493 e. The molecule has 2 aromatic heterocycles. The van der Waals surface area contributed by atoms with Crippen LogP contribution in [0.1, 0.15) is 49.4 Å². The molecule has 1 fully saturated rings. The molecule has 186 valence electrons. The number of benzene rings is 1. The standard InChI is InChI=1S/C13H16O3.C11H10ClN3O.C3H6/c1-9(13(14)15)7-10-4-5-11-3-2-6-16-12(11)8-10;1-7-4-13-6-10(15-7)8-3-11(16-2)14-5-9(8)12;1-2-3-1/h4-5,8-9H,2-3,6-7H2,1H3,(H,14,15);3-6H,1-2H3;1-3H2. The summed E-state index contributed by atoms with van der Waals surface area (Å²) in [5.41, 5.74) is 4.59. The fourth-order valence-electron chi connectivity index (χ4n) is 3.27. The smallest absolute Gasteiger partial charge is 0.306 e. The van der Waals surface area contributed by atoms with Gasteiger partial charge in [0.2, 0.25) is 5.88 Å². The quantitative estimate of drug-likeness (QED) is 0.465. The topological polar surface area (TPSA) is 94.4 Å². The minimum atomic E-state index is -0.751. The van der Waals surface area contributed by atoms with Crippen molar-refractivity contribution in [3.05, 3.63) is 64.7 Å². The van der Waals surface area contributed by atoms with E-state index in [1.807, 2.05) is 19.1 Å². The fraction of sp³-hybridized carbons (Fsp3) is 0.407. The summed E-state index contributed by atoms with van der Waals surface area (Å²) in [6.07, 6.45) is 12.1. The van der Waals surface area contributed by atoms with Crippen molar-refractivity contribution in [3.63, 3.8) is 0 Å². The second-order valence-corrected chi connectivity index (χ2v) is 9.06. The number of ether oxygens (including phenoxy) is 2. The normalized spacial score (nSPS) is 14.1. The molecule has 1 atom stereocenters. The van der Waals surface area contributed by atoms with Crippen LogP contribution in [-0.2, 0) is 17.6 Å². The van der Waals surface area contributed by atoms with Gasteiger partial charge in [0.05, 0.1) is 48.4 Å². The molecule has 0 amide bonds. The number of methoxy groups -OCH3 is 1. The van der Waals surface area contributed by atoms with Gasteiger partial charge in [-0.2, -0.15) is 0 Å². The third kappa shape index (κ3) is 8.51. The monoisotopic (exact) mass is 497 g/mol. The largest absolute Gasteiger partial charge is 0.493 e. The van der Waals surface area contributed by atoms with Crippen molar-refractivity contribution in [1.82, 2.24) is 15.0 Å². The van der Waals surface area contributed by atoms with E-state index in [1.165, 1.54) is 24.8 Å². The van der Waals surface area contributed by atoms with Gasteiger partial charge in [-0.05, 0) is 43.4 Å². The van der Waals surface area contributed by atoms with Crippen LogP contribution in [0.3, 0.4) is 0 Å². The molecule has 1 aliphatic carbocycles. The lowest BCUT2D eigenvalue weighted by molar-refractivity contribution is -0.141. The summed E-state index contributed by atoms with van der Waals surface area (Å²) in [7, 11) is 1.56. The zero-order valence-electron chi connectivity index (χ0n) is 20.5. The number of halogens is 1. The molecule has 1 aromatic carbocycles. The van der Waals surface area contributed by atoms with Crippen LogP contribution >= 0.6 is 11.6 Å². The van der Waals surface area contributed by atoms with Gasteiger partial charge in [0.15, 0.2) is 0 Å². The lowest BCUT2D eigenvalue weighted by atomic mass is 9.98. The molecule has 2 aliphatic rings. The number of nitrogens with zero attached hydrogens (tertiary/aromatic N) is 3. The van der Waals surface area contributed by atoms with E-state index in [9.17, 15) is 4.79 Å². The van der Waals surface area contributed by atoms with Gasteiger partial charge in [-0.3, -0.25) is 9.78 Å². The molecule has 1 unspecified atom stereocenters. The van der Waals surface area contributed by atoms with Gasteiger partial charge in [0.25, 0.3) is 0 Å². The van der Waals surface area contributed by atoms with Gasteiger partial charge in [-0.25, -0.2) is 9.97 Å². The maximum absolute atomic E-state index is 10.8. The number of aromatic nitrogens is 3. The van der Waals surface area contributed by atoms with Crippen molar-refractivity contribution in [1.29, 1.82) is 0 Å². The Bertz CT molecular complexity index is 1130. The summed E-state index contributed by atoms with van der Waals surface area (Å²) >= 11 is 6.05. The molecule has 8 heteroatoms. The first-order valence-corrected chi connectivity index (χ1v) is 12.2. The van der Waals surface area contributed by atoms with E-state index >= 15 is 0 Å². The molecular formula is C27H32ClN3O4. The molecule has 0 saturated heterocycles. The summed E-state index contributed by atoms with van der Waals surface area (Å²) < 4.78 is 10.6. The van der Waals surface area contributed by atoms with Crippen LogP contribution in [0.4, 0.5) is 0 Å². The van der Waals surface area contributed by atoms with E-state index in [1.54, 1.807) is 38.7 Å². The van der Waals surface area contributed by atoms with Crippen LogP contribution in [0.15, 0.2) is 42.9 Å². The number of hydrogen-bond acceptors (Lipinski definition) is 6. The Kier molecular flexibility index (Phi) is 9.85. The lowest BCUT2D eigenvalue weighted by Gasteiger charge is -2.18. The summed E-state index contributed by atoms with van der Waals surface area (Å²) in [4.78, 5) is 23.2. The Hall–Kier alpha value is -3.19. The Morgan fingerprint density at radius 2 is 1.94 bits per heavy atom. The van der Waals surface area contributed by atoms with Gasteiger partial charge in [0.1, 0.15) is 5.75 Å². The maximum Gasteiger partial charge on any atom is 0.306 e. The van der Waals surface area contributed by atoms with Crippen LogP contribution in [0.5, 0.6) is 11.6 Å². The van der Waals surface area contributed by atoms with Crippen molar-refractivity contribution in [2.24, 2.45) is 5.92 Å². The number of aryl methyl sites for hydroxylation is 2. The first-order valence-electron chi connectivity index (χ1n) is 11.8. The van der Waals surface area contributed by atoms with Gasteiger partial charge < -0.3 is 14.6 Å². The number of carboxylic acid groups (broad SMARTS) is 1. The van der Waals surface area contributed by atoms with Crippen LogP contribution in [0, 0.1) is 12.8 Å². The molecule has 0 radical (unpaired) electrons. The molecule has 1 N–H and O–H groups in total. The average Bonchev–Trinajstić information content (AvgIpc) is 3.74. The maximum atomic E-state index is 10.8. The predicted molar refractivity (Wildman–Crippen MR) is 136 cm³/mol. The molecule has 1 aliphatic heterocycles. The summed E-state index contributed by atoms with van der Waals surface area (Å²) in [6.45, 7) is 4.37. The van der Waals surface area contributed by atoms with Crippen molar-refractivity contribution in [3.8, 4) is 22.9 Å². The highest BCUT2D eigenvalue weighted by molar-refractivity contribution is 6.33. The Morgan fingerprint density at radius 1 is 1.17 bits per heavy atom. The third-order valence-corrected chi connectivity index (χ3v) is 5.67. The molecule has 1 saturated carbocycles. The molecular weight excluding hydrogens is 466 g/mol. The number of hydrogen-bond donors (Lipinski definition) is 1. The summed E-state index contributed by atoms with van der Waals surface area (Å²) in [5.74, 6) is 0.337. The minimum absolute atomic E-state index is 0.346. The summed E-state index contributed by atoms with van der Waals surface area (Å²) in [5, 5.41) is 9.38. The summed E-state index contributed by atoms with van der Waals surface area (Å²) in [6, 6.07) is 7.78. The predicted octanol–water partition coefficient (Wildman–Crippen LogP) is 5.95. The van der Waals surface area contributed by atoms with Crippen LogP contribution in [0.25, 0.3) is 11.3 Å². The molecule has 0 spiro atoms. The van der Waals surface area contributed by atoms with Gasteiger partial charge in [0, 0.05) is 17.8 Å². The lowest BCUT2D eigenvalue weighted by Crippen LogP contribution is -2.13. The van der Waals surface area contributed by atoms with Crippen LogP contribution in [0.2, 0.25) is 5.02 Å². The number of carboxylic acids is 1. The van der Waals surface area contributed by atoms with Gasteiger partial charge in [-0.1, -0.05) is 49.9 Å². The Balaban J connectivity index is 0.000000174. The third-order valence-electron chi connectivity index (χ3n) is 5.37. The highest BCUT2D eigenvalue weighted by atomic mass is 35.5. The second-order valence-electron chi connectivity index (χ2n) is 8.65. The highest BCUT2D eigenvalue weighted by Gasteiger charge is 2.15. The van der Waals surface area contributed by atoms with Crippen molar-refractivity contribution >= 4 is 17.6 Å². The van der Waals surface area contributed by atoms with E-state index < -0.39 is 5.97 Å². The number of aliphatic carboxylic acids is 1. The molecule has 3 aromatic rings. The highest BCUT2D eigenvalue weighted by Crippen LogP contribution is 2.28. The first-order chi connectivity index (χ1) is 16.9. The average molecular weight is 498 g/mol. The van der Waals surface area contributed by atoms with Crippen LogP contribution < -0.4 is 9.47 Å². The van der Waals surface area contributed by atoms with E-state index in [2.05, 4.69) is 21.0 Å². The van der Waals surface area contributed by atoms with Gasteiger partial charge >= 0.3 is 5.97 Å². The van der Waals surface area contributed by atoms with E-state index in [4.69, 9.17) is 26.2 Å². The fourth-order valence-corrected chi connectivity index (χ4v) is 3.47. The first kappa shape index (κ1) is 26.4. The van der Waals surface area contributed by atoms with Gasteiger partial charge in [-0.15, -0.1) is 0 Å². The van der Waals surface area contributed by atoms with Crippen LogP contribution in [-0.4, -0.2) is 39.7 Å². The number of fused-ring (bicyclic) bond motifs is 1. The number of rotatable bonds is 5. The Morgan fingerprint density at radius 3 is 2.60 bits per heavy atom. The molecule has 5 rings (SSSR count). The Labute approximate surface area is 211 Å². The molecule has 3 heterocycles. The second kappa shape index (κ2) is 13.0. The van der Waals surface area contributed by atoms with E-state index in [0.717, 1.165) is 42.0 Å². The zero-order valence-corrected chi connectivity index (χ0v) is 21.2. The zero-order chi connectivity index (χ0) is 25.2. The van der Waals surface area contributed by atoms with E-state index in [-0.39, 0.29) is 5.92 Å². The van der Waals surface area contributed by atoms with Crippen molar-refractivity contribution in [2.75, 3.05) is 13.7 Å². The SMILES string of the molecule is C1CC1.CC(Cc1ccc2c(c1)OCCC2)C(=O)O.COc1cc(-c2cncc(C)n2)c(Cl)cn1. The van der Waals surface area contributed by atoms with Crippen molar-refractivity contribution < 1.29 is 19.4 Å². The number of pyridine rings is 1. The molecule has 7 nitrogen and oxygen atoms in total.